The van der Waals surface area contributed by atoms with Crippen molar-refractivity contribution in [2.75, 3.05) is 13.1 Å². The van der Waals surface area contributed by atoms with Crippen LogP contribution in [0.5, 0.6) is 0 Å². The number of Topliss-reactive ketones (excluding diaryl/α,β-unsaturated/α-hetero) is 1. The third-order valence-electron chi connectivity index (χ3n) is 4.03. The largest absolute Gasteiger partial charge is 0.453 e. The highest BCUT2D eigenvalue weighted by Gasteiger charge is 2.30. The Balaban J connectivity index is 1.70. The first-order chi connectivity index (χ1) is 10.2. The maximum absolute atomic E-state index is 12.3. The first-order valence-corrected chi connectivity index (χ1v) is 7.47. The second-order valence-corrected chi connectivity index (χ2v) is 5.70. The van der Waals surface area contributed by atoms with Crippen LogP contribution in [0.4, 0.5) is 0 Å². The van der Waals surface area contributed by atoms with Crippen LogP contribution in [0, 0.1) is 5.92 Å². The van der Waals surface area contributed by atoms with E-state index in [9.17, 15) is 9.59 Å². The molecule has 1 fully saturated rings. The van der Waals surface area contributed by atoms with E-state index in [2.05, 4.69) is 6.92 Å². The van der Waals surface area contributed by atoms with Crippen LogP contribution in [-0.2, 0) is 4.79 Å². The zero-order valence-electron chi connectivity index (χ0n) is 12.2. The molecule has 0 bridgehead atoms. The van der Waals surface area contributed by atoms with Gasteiger partial charge in [0, 0.05) is 18.4 Å². The number of nitrogens with zero attached hydrogens (tertiary/aromatic N) is 1. The van der Waals surface area contributed by atoms with Gasteiger partial charge in [0.05, 0.1) is 6.54 Å². The highest BCUT2D eigenvalue weighted by Crippen LogP contribution is 2.23. The van der Waals surface area contributed by atoms with Gasteiger partial charge in [0.15, 0.2) is 5.76 Å². The average molecular weight is 285 g/mol. The number of para-hydroxylation sites is 1. The summed E-state index contributed by atoms with van der Waals surface area (Å²) in [6, 6.07) is 9.28. The number of carbonyl (C=O) groups excluding carboxylic acids is 2. The predicted molar refractivity (Wildman–Crippen MR) is 80.1 cm³/mol. The molecule has 0 aliphatic carbocycles. The lowest BCUT2D eigenvalue weighted by molar-refractivity contribution is -0.127. The minimum Gasteiger partial charge on any atom is -0.453 e. The molecule has 2 heterocycles. The Morgan fingerprint density at radius 1 is 1.38 bits per heavy atom. The van der Waals surface area contributed by atoms with Crippen molar-refractivity contribution in [1.29, 1.82) is 0 Å². The van der Waals surface area contributed by atoms with Gasteiger partial charge in [-0.15, -0.1) is 0 Å². The standard InChI is InChI=1S/C17H19NO3/c1-2-5-12-8-17(20)18(10-12)11-14(19)16-9-13-6-3-4-7-15(13)21-16/h3-4,6-7,9,12H,2,5,8,10-11H2,1H3. The highest BCUT2D eigenvalue weighted by atomic mass is 16.3. The second-order valence-electron chi connectivity index (χ2n) is 5.70. The summed E-state index contributed by atoms with van der Waals surface area (Å²) in [4.78, 5) is 25.9. The van der Waals surface area contributed by atoms with Crippen LogP contribution in [0.15, 0.2) is 34.7 Å². The van der Waals surface area contributed by atoms with Crippen molar-refractivity contribution in [2.24, 2.45) is 5.92 Å². The molecule has 4 heteroatoms. The molecule has 110 valence electrons. The van der Waals surface area contributed by atoms with E-state index in [4.69, 9.17) is 4.42 Å². The van der Waals surface area contributed by atoms with E-state index in [1.54, 1.807) is 11.0 Å². The van der Waals surface area contributed by atoms with E-state index >= 15 is 0 Å². The highest BCUT2D eigenvalue weighted by molar-refractivity contribution is 6.00. The fourth-order valence-electron chi connectivity index (χ4n) is 2.98. The Kier molecular flexibility index (Phi) is 3.78. The fourth-order valence-corrected chi connectivity index (χ4v) is 2.98. The first kappa shape index (κ1) is 13.9. The maximum Gasteiger partial charge on any atom is 0.223 e. The normalized spacial score (nSPS) is 18.6. The lowest BCUT2D eigenvalue weighted by atomic mass is 10.0. The molecule has 1 unspecified atom stereocenters. The van der Waals surface area contributed by atoms with Gasteiger partial charge < -0.3 is 9.32 Å². The minimum absolute atomic E-state index is 0.0814. The Hall–Kier alpha value is -2.10. The van der Waals surface area contributed by atoms with Crippen molar-refractivity contribution in [1.82, 2.24) is 4.90 Å². The number of carbonyl (C=O) groups is 2. The van der Waals surface area contributed by atoms with Gasteiger partial charge in [-0.3, -0.25) is 9.59 Å². The fraction of sp³-hybridized carbons (Fsp3) is 0.412. The number of fused-ring (bicyclic) bond motifs is 1. The van der Waals surface area contributed by atoms with Gasteiger partial charge in [0.2, 0.25) is 11.7 Å². The Morgan fingerprint density at radius 2 is 2.19 bits per heavy atom. The molecule has 1 atom stereocenters. The topological polar surface area (TPSA) is 50.5 Å². The second kappa shape index (κ2) is 5.72. The molecule has 4 nitrogen and oxygen atoms in total. The summed E-state index contributed by atoms with van der Waals surface area (Å²) in [6.07, 6.45) is 2.69. The molecular weight excluding hydrogens is 266 g/mol. The Bertz CT molecular complexity index is 640. The zero-order valence-corrected chi connectivity index (χ0v) is 12.2. The number of benzene rings is 1. The molecule has 1 aliphatic rings. The molecule has 0 saturated carbocycles. The third kappa shape index (κ3) is 2.84. The van der Waals surface area contributed by atoms with Gasteiger partial charge in [-0.25, -0.2) is 0 Å². The molecule has 2 aromatic rings. The minimum atomic E-state index is -0.128. The summed E-state index contributed by atoms with van der Waals surface area (Å²) in [6.45, 7) is 2.93. The molecule has 0 N–H and O–H groups in total. The number of ketones is 1. The monoisotopic (exact) mass is 285 g/mol. The number of furan rings is 1. The van der Waals surface area contributed by atoms with Crippen LogP contribution >= 0.6 is 0 Å². The summed E-state index contributed by atoms with van der Waals surface area (Å²) < 4.78 is 5.56. The van der Waals surface area contributed by atoms with E-state index in [-0.39, 0.29) is 18.2 Å². The zero-order chi connectivity index (χ0) is 14.8. The summed E-state index contributed by atoms with van der Waals surface area (Å²) in [5, 5.41) is 0.914. The van der Waals surface area contributed by atoms with Crippen molar-refractivity contribution < 1.29 is 14.0 Å². The smallest absolute Gasteiger partial charge is 0.223 e. The number of amides is 1. The van der Waals surface area contributed by atoms with E-state index in [0.717, 1.165) is 18.2 Å². The molecule has 1 saturated heterocycles. The summed E-state index contributed by atoms with van der Waals surface area (Å²) >= 11 is 0. The maximum atomic E-state index is 12.3. The molecule has 21 heavy (non-hydrogen) atoms. The van der Waals surface area contributed by atoms with Crippen LogP contribution < -0.4 is 0 Å². The van der Waals surface area contributed by atoms with Gasteiger partial charge in [0.1, 0.15) is 5.58 Å². The molecule has 0 spiro atoms. The first-order valence-electron chi connectivity index (χ1n) is 7.47. The van der Waals surface area contributed by atoms with Gasteiger partial charge >= 0.3 is 0 Å². The van der Waals surface area contributed by atoms with Crippen LogP contribution in [0.3, 0.4) is 0 Å². The molecule has 1 aromatic carbocycles. The summed E-state index contributed by atoms with van der Waals surface area (Å²) in [7, 11) is 0. The van der Waals surface area contributed by atoms with Crippen LogP contribution in [0.1, 0.15) is 36.7 Å². The Morgan fingerprint density at radius 3 is 2.95 bits per heavy atom. The molecule has 0 radical (unpaired) electrons. The van der Waals surface area contributed by atoms with Gasteiger partial charge in [-0.2, -0.15) is 0 Å². The average Bonchev–Trinajstić information content (AvgIpc) is 3.03. The molecule has 1 aromatic heterocycles. The number of rotatable bonds is 5. The van der Waals surface area contributed by atoms with Crippen LogP contribution in [0.2, 0.25) is 0 Å². The SMILES string of the molecule is CCCC1CC(=O)N(CC(=O)c2cc3ccccc3o2)C1. The molecule has 3 rings (SSSR count). The lowest BCUT2D eigenvalue weighted by Gasteiger charge is -2.14. The van der Waals surface area contributed by atoms with E-state index in [1.807, 2.05) is 24.3 Å². The third-order valence-corrected chi connectivity index (χ3v) is 4.03. The molecular formula is C17H19NO3. The van der Waals surface area contributed by atoms with E-state index < -0.39 is 0 Å². The summed E-state index contributed by atoms with van der Waals surface area (Å²) in [5.41, 5.74) is 0.706. The lowest BCUT2D eigenvalue weighted by Crippen LogP contribution is -2.31. The predicted octanol–water partition coefficient (Wildman–Crippen LogP) is 3.26. The van der Waals surface area contributed by atoms with Gasteiger partial charge in [-0.1, -0.05) is 31.5 Å². The van der Waals surface area contributed by atoms with Crippen LogP contribution in [-0.4, -0.2) is 29.7 Å². The Labute approximate surface area is 123 Å². The van der Waals surface area contributed by atoms with Crippen LogP contribution in [0.25, 0.3) is 11.0 Å². The van der Waals surface area contributed by atoms with Crippen molar-refractivity contribution in [3.63, 3.8) is 0 Å². The summed E-state index contributed by atoms with van der Waals surface area (Å²) in [5.74, 6) is 0.684. The van der Waals surface area contributed by atoms with Gasteiger partial charge in [-0.05, 0) is 24.5 Å². The van der Waals surface area contributed by atoms with Crippen molar-refractivity contribution >= 4 is 22.7 Å². The number of hydrogen-bond acceptors (Lipinski definition) is 3. The van der Waals surface area contributed by atoms with Crippen molar-refractivity contribution in [3.05, 3.63) is 36.1 Å². The van der Waals surface area contributed by atoms with Crippen molar-refractivity contribution in [2.45, 2.75) is 26.2 Å². The number of hydrogen-bond donors (Lipinski definition) is 0. The quantitative estimate of drug-likeness (QED) is 0.792. The van der Waals surface area contributed by atoms with E-state index in [1.165, 1.54) is 0 Å². The van der Waals surface area contributed by atoms with Crippen molar-refractivity contribution in [3.8, 4) is 0 Å². The van der Waals surface area contributed by atoms with E-state index in [0.29, 0.717) is 30.2 Å². The molecule has 1 amide bonds. The molecule has 1 aliphatic heterocycles. The van der Waals surface area contributed by atoms with Gasteiger partial charge in [0.25, 0.3) is 0 Å². The number of likely N-dealkylation sites (tertiary alicyclic amines) is 1.